The Morgan fingerprint density at radius 1 is 1.38 bits per heavy atom. The monoisotopic (exact) mass is 477 g/mol. The molecule has 164 valence electrons. The second kappa shape index (κ2) is 10.1. The molecule has 9 nitrogen and oxygen atoms in total. The number of hydrogen-bond acceptors (Lipinski definition) is 8. The number of rotatable bonds is 9. The average Bonchev–Trinajstić information content (AvgIpc) is 3.05. The van der Waals surface area contributed by atoms with Crippen LogP contribution >= 0.6 is 15.9 Å². The van der Waals surface area contributed by atoms with Gasteiger partial charge in [-0.25, -0.2) is 9.69 Å². The number of amides is 2. The third-order valence-corrected chi connectivity index (χ3v) is 5.89. The first-order chi connectivity index (χ1) is 13.6. The van der Waals surface area contributed by atoms with E-state index in [4.69, 9.17) is 19.3 Å². The fourth-order valence-electron chi connectivity index (χ4n) is 3.28. The number of ketones is 1. The number of halogens is 1. The lowest BCUT2D eigenvalue weighted by atomic mass is 9.93. The standard InChI is InChI=1S/C19H28BrNO8/c1-11(2)13-10-28-18(25)21(13)17(24)12(3)16-14(23)9-15(20)19(26,29-16)5-4-7-27-8-6-22/h9,11-13,16,22,26H,4-8,10H2,1-3H3/t12-,13+,16-,19+/m0/s1. The summed E-state index contributed by atoms with van der Waals surface area (Å²) in [6, 6.07) is -0.416. The lowest BCUT2D eigenvalue weighted by molar-refractivity contribution is -0.217. The Balaban J connectivity index is 2.11. The van der Waals surface area contributed by atoms with E-state index < -0.39 is 41.6 Å². The van der Waals surface area contributed by atoms with Crippen LogP contribution in [0.2, 0.25) is 0 Å². The van der Waals surface area contributed by atoms with Crippen LogP contribution < -0.4 is 0 Å². The van der Waals surface area contributed by atoms with Gasteiger partial charge < -0.3 is 24.4 Å². The number of nitrogens with zero attached hydrogens (tertiary/aromatic N) is 1. The molecule has 0 aliphatic carbocycles. The molecule has 1 fully saturated rings. The zero-order chi connectivity index (χ0) is 21.8. The van der Waals surface area contributed by atoms with Crippen molar-refractivity contribution in [3.8, 4) is 0 Å². The summed E-state index contributed by atoms with van der Waals surface area (Å²) in [6.07, 6.45) is -0.267. The van der Waals surface area contributed by atoms with Gasteiger partial charge in [-0.05, 0) is 34.3 Å². The zero-order valence-electron chi connectivity index (χ0n) is 16.8. The van der Waals surface area contributed by atoms with Crippen LogP contribution in [-0.2, 0) is 23.8 Å². The second-order valence-electron chi connectivity index (χ2n) is 7.54. The lowest BCUT2D eigenvalue weighted by Gasteiger charge is -2.38. The van der Waals surface area contributed by atoms with Gasteiger partial charge in [0.1, 0.15) is 12.7 Å². The summed E-state index contributed by atoms with van der Waals surface area (Å²) in [7, 11) is 0. The van der Waals surface area contributed by atoms with Crippen molar-refractivity contribution in [3.05, 3.63) is 10.6 Å². The van der Waals surface area contributed by atoms with E-state index in [0.29, 0.717) is 6.42 Å². The molecule has 2 N–H and O–H groups in total. The molecule has 0 radical (unpaired) electrons. The van der Waals surface area contributed by atoms with E-state index in [1.165, 1.54) is 13.0 Å². The van der Waals surface area contributed by atoms with Crippen LogP contribution in [0.25, 0.3) is 0 Å². The Morgan fingerprint density at radius 3 is 2.69 bits per heavy atom. The van der Waals surface area contributed by atoms with Crippen LogP contribution in [-0.4, -0.2) is 77.3 Å². The molecule has 0 aromatic heterocycles. The molecule has 2 amide bonds. The number of carbonyl (C=O) groups is 3. The topological polar surface area (TPSA) is 123 Å². The Bertz CT molecular complexity index is 667. The van der Waals surface area contributed by atoms with E-state index in [9.17, 15) is 19.5 Å². The summed E-state index contributed by atoms with van der Waals surface area (Å²) in [5, 5.41) is 19.6. The summed E-state index contributed by atoms with van der Waals surface area (Å²) in [5.41, 5.74) is 0. The van der Waals surface area contributed by atoms with Crippen LogP contribution in [0.4, 0.5) is 4.79 Å². The summed E-state index contributed by atoms with van der Waals surface area (Å²) >= 11 is 3.17. The van der Waals surface area contributed by atoms with E-state index in [1.807, 2.05) is 13.8 Å². The Kier molecular flexibility index (Phi) is 8.36. The maximum atomic E-state index is 13.0. The molecule has 2 aliphatic heterocycles. The number of imide groups is 1. The molecule has 0 aromatic carbocycles. The van der Waals surface area contributed by atoms with Crippen molar-refractivity contribution in [1.29, 1.82) is 0 Å². The first-order valence-corrected chi connectivity index (χ1v) is 10.4. The third-order valence-electron chi connectivity index (χ3n) is 5.04. The summed E-state index contributed by atoms with van der Waals surface area (Å²) in [6.45, 7) is 5.72. The normalized spacial score (nSPS) is 28.5. The van der Waals surface area contributed by atoms with Crippen molar-refractivity contribution in [2.75, 3.05) is 26.4 Å². The number of cyclic esters (lactones) is 1. The summed E-state index contributed by atoms with van der Waals surface area (Å²) < 4.78 is 16.0. The predicted molar refractivity (Wildman–Crippen MR) is 105 cm³/mol. The molecule has 0 spiro atoms. The first kappa shape index (κ1) is 23.9. The van der Waals surface area contributed by atoms with Gasteiger partial charge in [-0.15, -0.1) is 0 Å². The number of ether oxygens (including phenoxy) is 3. The highest BCUT2D eigenvalue weighted by Gasteiger charge is 2.48. The molecule has 0 bridgehead atoms. The Labute approximate surface area is 178 Å². The zero-order valence-corrected chi connectivity index (χ0v) is 18.4. The molecule has 29 heavy (non-hydrogen) atoms. The van der Waals surface area contributed by atoms with E-state index >= 15 is 0 Å². The number of carbonyl (C=O) groups excluding carboxylic acids is 3. The lowest BCUT2D eigenvalue weighted by Crippen LogP contribution is -2.52. The highest BCUT2D eigenvalue weighted by atomic mass is 79.9. The number of aliphatic hydroxyl groups is 2. The smallest absolute Gasteiger partial charge is 0.416 e. The minimum Gasteiger partial charge on any atom is -0.447 e. The van der Waals surface area contributed by atoms with Gasteiger partial charge in [0.05, 0.1) is 29.7 Å². The third kappa shape index (κ3) is 5.43. The van der Waals surface area contributed by atoms with E-state index in [2.05, 4.69) is 15.9 Å². The molecule has 0 saturated carbocycles. The van der Waals surface area contributed by atoms with Crippen molar-refractivity contribution in [1.82, 2.24) is 4.90 Å². The minimum absolute atomic E-state index is 0.00882. The van der Waals surface area contributed by atoms with Crippen molar-refractivity contribution in [2.45, 2.75) is 51.5 Å². The van der Waals surface area contributed by atoms with Crippen LogP contribution in [0.15, 0.2) is 10.6 Å². The van der Waals surface area contributed by atoms with Crippen LogP contribution in [0.1, 0.15) is 33.6 Å². The molecule has 2 heterocycles. The maximum absolute atomic E-state index is 13.0. The van der Waals surface area contributed by atoms with Crippen LogP contribution in [0.3, 0.4) is 0 Å². The van der Waals surface area contributed by atoms with E-state index in [1.54, 1.807) is 0 Å². The van der Waals surface area contributed by atoms with Crippen molar-refractivity contribution < 1.29 is 38.8 Å². The Hall–Kier alpha value is -1.33. The molecule has 2 aliphatic rings. The molecule has 0 unspecified atom stereocenters. The van der Waals surface area contributed by atoms with Gasteiger partial charge in [0.15, 0.2) is 11.6 Å². The highest BCUT2D eigenvalue weighted by molar-refractivity contribution is 9.11. The molecular weight excluding hydrogens is 450 g/mol. The van der Waals surface area contributed by atoms with E-state index in [-0.39, 0.29) is 43.2 Å². The fraction of sp³-hybridized carbons (Fsp3) is 0.737. The van der Waals surface area contributed by atoms with E-state index in [0.717, 1.165) is 4.90 Å². The van der Waals surface area contributed by atoms with Gasteiger partial charge in [-0.3, -0.25) is 9.59 Å². The second-order valence-corrected chi connectivity index (χ2v) is 8.40. The van der Waals surface area contributed by atoms with Crippen LogP contribution in [0, 0.1) is 11.8 Å². The van der Waals surface area contributed by atoms with Crippen molar-refractivity contribution in [3.63, 3.8) is 0 Å². The van der Waals surface area contributed by atoms with Crippen molar-refractivity contribution >= 4 is 33.7 Å². The molecule has 2 rings (SSSR count). The predicted octanol–water partition coefficient (Wildman–Crippen LogP) is 1.35. The molecule has 1 saturated heterocycles. The van der Waals surface area contributed by atoms with Gasteiger partial charge in [-0.1, -0.05) is 20.8 Å². The summed E-state index contributed by atoms with van der Waals surface area (Å²) in [5.74, 6) is -3.86. The quantitative estimate of drug-likeness (QED) is 0.477. The summed E-state index contributed by atoms with van der Waals surface area (Å²) in [4.78, 5) is 38.6. The van der Waals surface area contributed by atoms with Gasteiger partial charge in [0.2, 0.25) is 5.91 Å². The molecule has 10 heteroatoms. The largest absolute Gasteiger partial charge is 0.447 e. The van der Waals surface area contributed by atoms with Crippen molar-refractivity contribution in [2.24, 2.45) is 11.8 Å². The minimum atomic E-state index is -1.79. The Morgan fingerprint density at radius 2 is 2.07 bits per heavy atom. The van der Waals surface area contributed by atoms with Gasteiger partial charge in [0.25, 0.3) is 0 Å². The fourth-order valence-corrected chi connectivity index (χ4v) is 3.80. The number of aliphatic hydroxyl groups excluding tert-OH is 1. The highest BCUT2D eigenvalue weighted by Crippen LogP contribution is 2.37. The average molecular weight is 478 g/mol. The first-order valence-electron chi connectivity index (χ1n) is 9.62. The molecular formula is C19H28BrNO8. The SMILES string of the molecule is CC(C)[C@H]1COC(=O)N1C(=O)[C@@H](C)[C@@H]1O[C@](O)(CCCOCCO)C(Br)=CC1=O. The van der Waals surface area contributed by atoms with Gasteiger partial charge in [-0.2, -0.15) is 0 Å². The van der Waals surface area contributed by atoms with Gasteiger partial charge in [0, 0.05) is 13.0 Å². The molecule has 0 aromatic rings. The maximum Gasteiger partial charge on any atom is 0.416 e. The molecule has 4 atom stereocenters. The van der Waals surface area contributed by atoms with Gasteiger partial charge >= 0.3 is 6.09 Å². The number of hydrogen-bond donors (Lipinski definition) is 2. The van der Waals surface area contributed by atoms with Crippen LogP contribution in [0.5, 0.6) is 0 Å².